The number of hydrogen-bond donors (Lipinski definition) is 2. The van der Waals surface area contributed by atoms with Crippen LogP contribution in [0, 0.1) is 0 Å². The number of thiocarbonyl (C=S) groups is 1. The summed E-state index contributed by atoms with van der Waals surface area (Å²) in [5, 5.41) is 13.2. The first-order valence-corrected chi connectivity index (χ1v) is 11.0. The van der Waals surface area contributed by atoms with Crippen molar-refractivity contribution in [3.8, 4) is 5.69 Å². The molecule has 3 heterocycles. The number of aromatic nitrogens is 2. The third-order valence-electron chi connectivity index (χ3n) is 5.68. The number of rotatable bonds is 8. The minimum Gasteiger partial charge on any atom is -0.478 e. The molecule has 0 amide bonds. The Labute approximate surface area is 196 Å². The number of carboxylic acid groups (broad SMARTS) is 1. The van der Waals surface area contributed by atoms with E-state index >= 15 is 0 Å². The molecule has 2 N–H and O–H groups in total. The molecule has 9 heteroatoms. The highest BCUT2D eigenvalue weighted by Crippen LogP contribution is 2.39. The second kappa shape index (κ2) is 9.83. The second-order valence-corrected chi connectivity index (χ2v) is 8.04. The number of benzene rings is 1. The molecule has 8 nitrogen and oxygen atoms in total. The number of aromatic carboxylic acids is 1. The zero-order chi connectivity index (χ0) is 23.4. The summed E-state index contributed by atoms with van der Waals surface area (Å²) in [4.78, 5) is 29.5. The summed E-state index contributed by atoms with van der Waals surface area (Å²) < 4.78 is 6.80. The topological polar surface area (TPSA) is 96.7 Å². The van der Waals surface area contributed by atoms with Gasteiger partial charge in [0.15, 0.2) is 5.11 Å². The molecule has 1 aliphatic rings. The molecular weight excluding hydrogens is 440 g/mol. The van der Waals surface area contributed by atoms with E-state index in [2.05, 4.69) is 15.2 Å². The molecule has 1 saturated heterocycles. The maximum Gasteiger partial charge on any atom is 0.335 e. The zero-order valence-corrected chi connectivity index (χ0v) is 18.9. The van der Waals surface area contributed by atoms with Crippen LogP contribution in [0.1, 0.15) is 46.7 Å². The van der Waals surface area contributed by atoms with Gasteiger partial charge in [0.05, 0.1) is 30.5 Å². The van der Waals surface area contributed by atoms with Gasteiger partial charge in [-0.1, -0.05) is 6.07 Å². The van der Waals surface area contributed by atoms with Gasteiger partial charge in [0, 0.05) is 36.7 Å². The van der Waals surface area contributed by atoms with Crippen LogP contribution in [0.5, 0.6) is 0 Å². The molecular formula is C24H24N4O4S. The highest BCUT2D eigenvalue weighted by atomic mass is 32.1. The van der Waals surface area contributed by atoms with Gasteiger partial charge in [-0.15, -0.1) is 0 Å². The minimum atomic E-state index is -0.966. The molecule has 2 atom stereocenters. The van der Waals surface area contributed by atoms with E-state index < -0.39 is 5.97 Å². The number of carbonyl (C=O) groups is 2. The lowest BCUT2D eigenvalue weighted by molar-refractivity contribution is -0.140. The molecule has 33 heavy (non-hydrogen) atoms. The van der Waals surface area contributed by atoms with Gasteiger partial charge in [-0.25, -0.2) is 4.79 Å². The number of carboxylic acids is 1. The van der Waals surface area contributed by atoms with Crippen LogP contribution < -0.4 is 5.32 Å². The van der Waals surface area contributed by atoms with Crippen molar-refractivity contribution in [2.45, 2.75) is 24.9 Å². The highest BCUT2D eigenvalue weighted by molar-refractivity contribution is 7.80. The van der Waals surface area contributed by atoms with Gasteiger partial charge in [0.1, 0.15) is 0 Å². The van der Waals surface area contributed by atoms with Gasteiger partial charge in [0.2, 0.25) is 0 Å². The largest absolute Gasteiger partial charge is 0.478 e. The van der Waals surface area contributed by atoms with Crippen molar-refractivity contribution < 1.29 is 19.4 Å². The van der Waals surface area contributed by atoms with E-state index in [0.717, 1.165) is 17.1 Å². The Morgan fingerprint density at radius 1 is 1.15 bits per heavy atom. The fourth-order valence-corrected chi connectivity index (χ4v) is 4.43. The van der Waals surface area contributed by atoms with Crippen LogP contribution in [0.2, 0.25) is 0 Å². The number of methoxy groups -OCH3 is 1. The maximum absolute atomic E-state index is 11.6. The van der Waals surface area contributed by atoms with E-state index in [0.29, 0.717) is 24.5 Å². The molecule has 1 aliphatic heterocycles. The summed E-state index contributed by atoms with van der Waals surface area (Å²) >= 11 is 5.68. The van der Waals surface area contributed by atoms with Crippen LogP contribution in [0.15, 0.2) is 67.0 Å². The van der Waals surface area contributed by atoms with Crippen molar-refractivity contribution in [2.75, 3.05) is 13.7 Å². The predicted octanol–water partition coefficient (Wildman–Crippen LogP) is 3.50. The first-order chi connectivity index (χ1) is 16.0. The van der Waals surface area contributed by atoms with Crippen LogP contribution in [0.3, 0.4) is 0 Å². The molecule has 0 spiro atoms. The smallest absolute Gasteiger partial charge is 0.335 e. The van der Waals surface area contributed by atoms with Gasteiger partial charge in [-0.05, 0) is 67.2 Å². The van der Waals surface area contributed by atoms with Gasteiger partial charge in [0.25, 0.3) is 0 Å². The van der Waals surface area contributed by atoms with Crippen LogP contribution in [-0.4, -0.2) is 50.3 Å². The van der Waals surface area contributed by atoms with Crippen molar-refractivity contribution in [3.63, 3.8) is 0 Å². The SMILES string of the molecule is COC(=O)CCCN1C(=S)N[C@@H](c2ccccn2)[C@@H]1c1cccn1-c1ccc(C(=O)O)cc1. The van der Waals surface area contributed by atoms with Crippen molar-refractivity contribution >= 4 is 29.3 Å². The fourth-order valence-electron chi connectivity index (χ4n) is 4.10. The highest BCUT2D eigenvalue weighted by Gasteiger charge is 2.41. The lowest BCUT2D eigenvalue weighted by atomic mass is 10.0. The van der Waals surface area contributed by atoms with Crippen LogP contribution in [-0.2, 0) is 9.53 Å². The average Bonchev–Trinajstić information content (AvgIpc) is 3.44. The van der Waals surface area contributed by atoms with Gasteiger partial charge < -0.3 is 24.6 Å². The number of esters is 1. The molecule has 0 saturated carbocycles. The molecule has 0 unspecified atom stereocenters. The number of ether oxygens (including phenoxy) is 1. The Hall–Kier alpha value is -3.72. The average molecular weight is 465 g/mol. The first kappa shape index (κ1) is 22.5. The molecule has 0 aliphatic carbocycles. The van der Waals surface area contributed by atoms with Gasteiger partial charge >= 0.3 is 11.9 Å². The summed E-state index contributed by atoms with van der Waals surface area (Å²) in [6.07, 6.45) is 4.58. The summed E-state index contributed by atoms with van der Waals surface area (Å²) in [5.74, 6) is -1.22. The van der Waals surface area contributed by atoms with Gasteiger partial charge in [-0.2, -0.15) is 0 Å². The maximum atomic E-state index is 11.6. The van der Waals surface area contributed by atoms with E-state index in [1.807, 2.05) is 41.1 Å². The third-order valence-corrected chi connectivity index (χ3v) is 6.03. The first-order valence-electron chi connectivity index (χ1n) is 10.6. The Morgan fingerprint density at radius 2 is 1.94 bits per heavy atom. The van der Waals surface area contributed by atoms with Crippen LogP contribution in [0.25, 0.3) is 5.69 Å². The Bertz CT molecular complexity index is 1150. The van der Waals surface area contributed by atoms with E-state index in [9.17, 15) is 14.7 Å². The molecule has 1 aromatic carbocycles. The number of nitrogens with zero attached hydrogens (tertiary/aromatic N) is 3. The Balaban J connectivity index is 1.70. The summed E-state index contributed by atoms with van der Waals surface area (Å²) in [5.41, 5.74) is 2.90. The monoisotopic (exact) mass is 464 g/mol. The number of hydrogen-bond acceptors (Lipinski definition) is 5. The van der Waals surface area contributed by atoms with E-state index in [1.54, 1.807) is 30.5 Å². The van der Waals surface area contributed by atoms with Gasteiger partial charge in [-0.3, -0.25) is 9.78 Å². The van der Waals surface area contributed by atoms with E-state index in [4.69, 9.17) is 17.0 Å². The van der Waals surface area contributed by atoms with Crippen molar-refractivity contribution in [1.82, 2.24) is 19.8 Å². The Kier molecular flexibility index (Phi) is 6.69. The number of carbonyl (C=O) groups excluding carboxylic acids is 1. The molecule has 0 radical (unpaired) electrons. The van der Waals surface area contributed by atoms with Crippen LogP contribution >= 0.6 is 12.2 Å². The molecule has 4 rings (SSSR count). The lowest BCUT2D eigenvalue weighted by Crippen LogP contribution is -2.31. The minimum absolute atomic E-state index is 0.181. The zero-order valence-electron chi connectivity index (χ0n) is 18.0. The number of pyridine rings is 1. The molecule has 3 aromatic rings. The second-order valence-electron chi connectivity index (χ2n) is 7.65. The molecule has 2 aromatic heterocycles. The third kappa shape index (κ3) is 4.73. The lowest BCUT2D eigenvalue weighted by Gasteiger charge is -2.29. The normalized spacial score (nSPS) is 17.6. The van der Waals surface area contributed by atoms with Crippen molar-refractivity contribution in [2.24, 2.45) is 0 Å². The standard InChI is InChI=1S/C24H24N4O4S/c1-32-20(29)8-5-15-28-22(21(26-24(28)33)18-6-2-3-13-25-18)19-7-4-14-27(19)17-11-9-16(10-12-17)23(30)31/h2-4,6-7,9-14,21-22H,5,8,15H2,1H3,(H,26,33)(H,30,31)/t21-,22-/m0/s1. The molecule has 170 valence electrons. The van der Waals surface area contributed by atoms with Crippen LogP contribution in [0.4, 0.5) is 0 Å². The summed E-state index contributed by atoms with van der Waals surface area (Å²) in [7, 11) is 1.38. The fraction of sp³-hybridized carbons (Fsp3) is 0.250. The van der Waals surface area contributed by atoms with Crippen molar-refractivity contribution in [1.29, 1.82) is 0 Å². The number of nitrogens with one attached hydrogen (secondary N) is 1. The molecule has 0 bridgehead atoms. The van der Waals surface area contributed by atoms with E-state index in [1.165, 1.54) is 7.11 Å². The summed E-state index contributed by atoms with van der Waals surface area (Å²) in [6, 6.07) is 16.1. The predicted molar refractivity (Wildman–Crippen MR) is 126 cm³/mol. The Morgan fingerprint density at radius 3 is 2.61 bits per heavy atom. The molecule has 1 fully saturated rings. The van der Waals surface area contributed by atoms with Crippen molar-refractivity contribution in [3.05, 3.63) is 83.9 Å². The summed E-state index contributed by atoms with van der Waals surface area (Å²) in [6.45, 7) is 0.568. The van der Waals surface area contributed by atoms with E-state index in [-0.39, 0.29) is 23.6 Å². The quantitative estimate of drug-likeness (QED) is 0.386.